The molecule has 1 fully saturated rings. The van der Waals surface area contributed by atoms with Crippen molar-refractivity contribution in [2.75, 3.05) is 29.5 Å². The zero-order chi connectivity index (χ0) is 25.7. The van der Waals surface area contributed by atoms with Gasteiger partial charge in [-0.3, -0.25) is 14.5 Å². The largest absolute Gasteiger partial charge is 0.397 e. The minimum Gasteiger partial charge on any atom is -0.397 e. The molecule has 2 atom stereocenters. The van der Waals surface area contributed by atoms with Crippen molar-refractivity contribution in [1.29, 1.82) is 0 Å². The lowest BCUT2D eigenvalue weighted by molar-refractivity contribution is -0.121. The molecular formula is C28H29BrN4O3. The third-order valence-corrected chi connectivity index (χ3v) is 6.63. The number of aliphatic hydroxyl groups is 1. The van der Waals surface area contributed by atoms with E-state index in [9.17, 15) is 14.7 Å². The van der Waals surface area contributed by atoms with Crippen LogP contribution in [0.1, 0.15) is 30.5 Å². The van der Waals surface area contributed by atoms with Gasteiger partial charge < -0.3 is 21.5 Å². The van der Waals surface area contributed by atoms with Gasteiger partial charge in [0.05, 0.1) is 17.0 Å². The molecule has 2 unspecified atom stereocenters. The first kappa shape index (κ1) is 25.6. The van der Waals surface area contributed by atoms with Crippen molar-refractivity contribution >= 4 is 50.9 Å². The summed E-state index contributed by atoms with van der Waals surface area (Å²) < 4.78 is 0.928. The Morgan fingerprint density at radius 3 is 2.39 bits per heavy atom. The maximum Gasteiger partial charge on any atom is 0.248 e. The SMILES string of the molecule is CC1(O)CCN(C(C(=O)Nc2ccc(Br)cc2)c2ccc(/C=C/C(=O)Nc3ccccc3N)cc2)C1. The van der Waals surface area contributed by atoms with Gasteiger partial charge in [0.1, 0.15) is 6.04 Å². The molecular weight excluding hydrogens is 520 g/mol. The Balaban J connectivity index is 1.49. The van der Waals surface area contributed by atoms with Crippen LogP contribution >= 0.6 is 15.9 Å². The van der Waals surface area contributed by atoms with Gasteiger partial charge in [-0.25, -0.2) is 0 Å². The van der Waals surface area contributed by atoms with E-state index in [1.165, 1.54) is 6.08 Å². The van der Waals surface area contributed by atoms with Gasteiger partial charge in [-0.2, -0.15) is 0 Å². The topological polar surface area (TPSA) is 108 Å². The third-order valence-electron chi connectivity index (χ3n) is 6.10. The summed E-state index contributed by atoms with van der Waals surface area (Å²) in [5, 5.41) is 16.3. The summed E-state index contributed by atoms with van der Waals surface area (Å²) >= 11 is 3.41. The Labute approximate surface area is 219 Å². The molecule has 7 nitrogen and oxygen atoms in total. The number of likely N-dealkylation sites (tertiary alicyclic amines) is 1. The highest BCUT2D eigenvalue weighted by Crippen LogP contribution is 2.31. The van der Waals surface area contributed by atoms with E-state index in [1.54, 1.807) is 37.3 Å². The van der Waals surface area contributed by atoms with Crippen LogP contribution < -0.4 is 16.4 Å². The van der Waals surface area contributed by atoms with Crippen LogP contribution in [0.5, 0.6) is 0 Å². The molecule has 0 saturated carbocycles. The maximum absolute atomic E-state index is 13.4. The van der Waals surface area contributed by atoms with E-state index in [-0.39, 0.29) is 11.8 Å². The summed E-state index contributed by atoms with van der Waals surface area (Å²) in [4.78, 5) is 27.7. The Kier molecular flexibility index (Phi) is 7.88. The van der Waals surface area contributed by atoms with Gasteiger partial charge in [0.25, 0.3) is 0 Å². The van der Waals surface area contributed by atoms with Gasteiger partial charge in [-0.1, -0.05) is 52.3 Å². The van der Waals surface area contributed by atoms with Crippen LogP contribution in [0.4, 0.5) is 17.1 Å². The molecule has 36 heavy (non-hydrogen) atoms. The molecule has 1 saturated heterocycles. The van der Waals surface area contributed by atoms with Gasteiger partial charge >= 0.3 is 0 Å². The van der Waals surface area contributed by atoms with Crippen molar-refractivity contribution in [2.45, 2.75) is 25.0 Å². The molecule has 2 amide bonds. The summed E-state index contributed by atoms with van der Waals surface area (Å²) in [6.45, 7) is 2.80. The van der Waals surface area contributed by atoms with Crippen LogP contribution in [-0.4, -0.2) is 40.5 Å². The van der Waals surface area contributed by atoms with Crippen LogP contribution in [-0.2, 0) is 9.59 Å². The summed E-state index contributed by atoms with van der Waals surface area (Å²) in [6, 6.07) is 21.4. The van der Waals surface area contributed by atoms with E-state index in [1.807, 2.05) is 53.4 Å². The highest BCUT2D eigenvalue weighted by Gasteiger charge is 2.38. The number of anilines is 3. The lowest BCUT2D eigenvalue weighted by atomic mass is 10.0. The number of β-amino-alcohol motifs (C(OH)–C–C–N with tert-alkyl or cyclic N) is 1. The van der Waals surface area contributed by atoms with Gasteiger partial charge in [0.15, 0.2) is 0 Å². The first-order valence-corrected chi connectivity index (χ1v) is 12.5. The molecule has 0 radical (unpaired) electrons. The fourth-order valence-electron chi connectivity index (χ4n) is 4.22. The number of benzene rings is 3. The minimum absolute atomic E-state index is 0.168. The Morgan fingerprint density at radius 1 is 1.06 bits per heavy atom. The van der Waals surface area contributed by atoms with Crippen LogP contribution in [0, 0.1) is 0 Å². The molecule has 1 heterocycles. The second kappa shape index (κ2) is 11.1. The van der Waals surface area contributed by atoms with Crippen LogP contribution in [0.15, 0.2) is 83.3 Å². The number of rotatable bonds is 7. The fourth-order valence-corrected chi connectivity index (χ4v) is 4.48. The molecule has 0 spiro atoms. The predicted molar refractivity (Wildman–Crippen MR) is 147 cm³/mol. The van der Waals surface area contributed by atoms with E-state index >= 15 is 0 Å². The number of nitrogens with zero attached hydrogens (tertiary/aromatic N) is 1. The number of halogens is 1. The van der Waals surface area contributed by atoms with E-state index in [2.05, 4.69) is 26.6 Å². The van der Waals surface area contributed by atoms with E-state index in [0.29, 0.717) is 36.6 Å². The van der Waals surface area contributed by atoms with Crippen molar-refractivity contribution in [3.8, 4) is 0 Å². The highest BCUT2D eigenvalue weighted by atomic mass is 79.9. The van der Waals surface area contributed by atoms with Gasteiger partial charge in [0.2, 0.25) is 11.8 Å². The molecule has 0 aromatic heterocycles. The first-order chi connectivity index (χ1) is 17.2. The van der Waals surface area contributed by atoms with Crippen molar-refractivity contribution in [3.63, 3.8) is 0 Å². The molecule has 186 valence electrons. The number of amides is 2. The lowest BCUT2D eigenvalue weighted by Gasteiger charge is -2.28. The van der Waals surface area contributed by atoms with E-state index in [0.717, 1.165) is 15.6 Å². The van der Waals surface area contributed by atoms with Crippen molar-refractivity contribution in [3.05, 3.63) is 94.5 Å². The maximum atomic E-state index is 13.4. The smallest absolute Gasteiger partial charge is 0.248 e. The summed E-state index contributed by atoms with van der Waals surface area (Å²) in [6.07, 6.45) is 3.74. The predicted octanol–water partition coefficient (Wildman–Crippen LogP) is 4.82. The Bertz CT molecular complexity index is 1260. The summed E-state index contributed by atoms with van der Waals surface area (Å²) in [5.41, 5.74) is 8.41. The average Bonchev–Trinajstić information content (AvgIpc) is 3.20. The van der Waals surface area contributed by atoms with Crippen LogP contribution in [0.25, 0.3) is 6.08 Å². The third kappa shape index (κ3) is 6.60. The van der Waals surface area contributed by atoms with Crippen molar-refractivity contribution < 1.29 is 14.7 Å². The summed E-state index contributed by atoms with van der Waals surface area (Å²) in [7, 11) is 0. The molecule has 0 aliphatic carbocycles. The zero-order valence-electron chi connectivity index (χ0n) is 19.9. The molecule has 1 aliphatic heterocycles. The number of para-hydroxylation sites is 2. The molecule has 1 aliphatic rings. The summed E-state index contributed by atoms with van der Waals surface area (Å²) in [5.74, 6) is -0.457. The molecule has 8 heteroatoms. The molecule has 0 bridgehead atoms. The molecule has 3 aromatic rings. The number of nitrogens with one attached hydrogen (secondary N) is 2. The molecule has 4 rings (SSSR count). The van der Waals surface area contributed by atoms with Crippen molar-refractivity contribution in [1.82, 2.24) is 4.90 Å². The van der Waals surface area contributed by atoms with Crippen LogP contribution in [0.3, 0.4) is 0 Å². The van der Waals surface area contributed by atoms with E-state index < -0.39 is 11.6 Å². The molecule has 5 N–H and O–H groups in total. The Morgan fingerprint density at radius 2 is 1.75 bits per heavy atom. The first-order valence-electron chi connectivity index (χ1n) is 11.7. The van der Waals surface area contributed by atoms with E-state index in [4.69, 9.17) is 5.73 Å². The lowest BCUT2D eigenvalue weighted by Crippen LogP contribution is -2.38. The Hall–Kier alpha value is -3.46. The van der Waals surface area contributed by atoms with Gasteiger partial charge in [0, 0.05) is 29.3 Å². The number of nitrogens with two attached hydrogens (primary N) is 1. The van der Waals surface area contributed by atoms with Gasteiger partial charge in [-0.05, 0) is 66.9 Å². The normalized spacial score (nSPS) is 18.8. The fraction of sp³-hybridized carbons (Fsp3) is 0.214. The monoisotopic (exact) mass is 548 g/mol. The number of hydrogen-bond donors (Lipinski definition) is 4. The second-order valence-electron chi connectivity index (χ2n) is 9.19. The number of carbonyl (C=O) groups excluding carboxylic acids is 2. The standard InChI is InChI=1S/C28H29BrN4O3/c1-28(36)16-17-33(18-28)26(27(35)31-22-13-11-21(29)12-14-22)20-9-6-19(7-10-20)8-15-25(34)32-24-5-3-2-4-23(24)30/h2-15,26,36H,16-18,30H2,1H3,(H,31,35)(H,32,34)/b15-8+. The van der Waals surface area contributed by atoms with Crippen molar-refractivity contribution in [2.24, 2.45) is 0 Å². The number of hydrogen-bond acceptors (Lipinski definition) is 5. The average molecular weight is 549 g/mol. The van der Waals surface area contributed by atoms with Crippen LogP contribution in [0.2, 0.25) is 0 Å². The molecule has 3 aromatic carbocycles. The van der Waals surface area contributed by atoms with Gasteiger partial charge in [-0.15, -0.1) is 0 Å². The number of carbonyl (C=O) groups is 2. The second-order valence-corrected chi connectivity index (χ2v) is 10.1. The zero-order valence-corrected chi connectivity index (χ0v) is 21.5. The quantitative estimate of drug-likeness (QED) is 0.250. The number of nitrogen functional groups attached to an aromatic ring is 1. The highest BCUT2D eigenvalue weighted by molar-refractivity contribution is 9.10. The minimum atomic E-state index is -0.839.